The van der Waals surface area contributed by atoms with Gasteiger partial charge in [0.15, 0.2) is 0 Å². The molecule has 0 aliphatic carbocycles. The summed E-state index contributed by atoms with van der Waals surface area (Å²) < 4.78 is 2.22. The predicted octanol–water partition coefficient (Wildman–Crippen LogP) is 16.5. The number of aromatic nitrogens is 4. The van der Waals surface area contributed by atoms with Gasteiger partial charge in [-0.3, -0.25) is 14.5 Å². The summed E-state index contributed by atoms with van der Waals surface area (Å²) >= 11 is 0. The molecular formula is C67H54N4. The number of hydrogen-bond donors (Lipinski definition) is 0. The van der Waals surface area contributed by atoms with Gasteiger partial charge in [-0.15, -0.1) is 0 Å². The van der Waals surface area contributed by atoms with Crippen LogP contribution < -0.4 is 0 Å². The van der Waals surface area contributed by atoms with E-state index in [1.165, 1.54) is 61.3 Å². The van der Waals surface area contributed by atoms with Gasteiger partial charge < -0.3 is 0 Å². The van der Waals surface area contributed by atoms with Crippen LogP contribution in [-0.4, -0.2) is 19.5 Å². The molecule has 11 rings (SSSR count). The van der Waals surface area contributed by atoms with E-state index in [0.29, 0.717) is 0 Å². The minimum atomic E-state index is 0.889. The number of hydrogen-bond acceptors (Lipinski definition) is 3. The highest BCUT2D eigenvalue weighted by Gasteiger charge is 2.18. The van der Waals surface area contributed by atoms with Crippen molar-refractivity contribution in [1.82, 2.24) is 19.5 Å². The first-order valence-electron chi connectivity index (χ1n) is 24.6. The first-order chi connectivity index (χ1) is 35.0. The van der Waals surface area contributed by atoms with E-state index in [4.69, 9.17) is 15.0 Å². The Morgan fingerprint density at radius 3 is 1.49 bits per heavy atom. The standard InChI is InChI=1S/C67H54N4/c1-47-15-14-16-48(2)66(47)71-40-39-68-67(71)58-32-29-49(30-33-58)25-27-51-41-52(28-26-50-31-38-64(69-45-50)56-19-8-4-9-20-56)43-59(42-51)60-23-12-13-24-61(60)63-46-70-65(57-21-10-5-11-22-57)44-62(63)55-36-34-54(35-37-55)53-17-6-3-7-18-53/h3-24,29-46H,25-28H2,1-2H3. The molecule has 0 aliphatic heterocycles. The molecule has 4 heteroatoms. The van der Waals surface area contributed by atoms with Crippen molar-refractivity contribution < 1.29 is 0 Å². The minimum Gasteiger partial charge on any atom is -0.299 e. The van der Waals surface area contributed by atoms with Crippen LogP contribution in [-0.2, 0) is 25.7 Å². The summed E-state index contributed by atoms with van der Waals surface area (Å²) in [6, 6.07) is 78.6. The fraction of sp³-hybridized carbons (Fsp3) is 0.0896. The van der Waals surface area contributed by atoms with Crippen molar-refractivity contribution in [3.63, 3.8) is 0 Å². The molecule has 0 amide bonds. The smallest absolute Gasteiger partial charge is 0.144 e. The molecule has 0 fully saturated rings. The van der Waals surface area contributed by atoms with E-state index in [-0.39, 0.29) is 0 Å². The Labute approximate surface area is 417 Å². The molecule has 0 saturated heterocycles. The molecule has 4 nitrogen and oxygen atoms in total. The zero-order valence-corrected chi connectivity index (χ0v) is 40.2. The molecule has 342 valence electrons. The summed E-state index contributed by atoms with van der Waals surface area (Å²) in [5.41, 5.74) is 23.4. The Hall–Kier alpha value is -8.73. The van der Waals surface area contributed by atoms with E-state index in [0.717, 1.165) is 81.8 Å². The highest BCUT2D eigenvalue weighted by molar-refractivity contribution is 5.93. The highest BCUT2D eigenvalue weighted by Crippen LogP contribution is 2.41. The van der Waals surface area contributed by atoms with Crippen molar-refractivity contribution in [2.75, 3.05) is 0 Å². The summed E-state index contributed by atoms with van der Waals surface area (Å²) in [5, 5.41) is 0. The normalized spacial score (nSPS) is 11.2. The third kappa shape index (κ3) is 9.92. The number of rotatable bonds is 14. The number of imidazole rings is 1. The largest absolute Gasteiger partial charge is 0.299 e. The second-order valence-corrected chi connectivity index (χ2v) is 18.5. The monoisotopic (exact) mass is 914 g/mol. The van der Waals surface area contributed by atoms with E-state index in [2.05, 4.69) is 243 Å². The van der Waals surface area contributed by atoms with Gasteiger partial charge in [0, 0.05) is 47.0 Å². The minimum absolute atomic E-state index is 0.889. The quantitative estimate of drug-likeness (QED) is 0.109. The second-order valence-electron chi connectivity index (χ2n) is 18.5. The van der Waals surface area contributed by atoms with Crippen molar-refractivity contribution in [2.45, 2.75) is 39.5 Å². The molecule has 0 aliphatic rings. The van der Waals surface area contributed by atoms with Gasteiger partial charge in [-0.05, 0) is 124 Å². The van der Waals surface area contributed by atoms with Crippen LogP contribution in [0, 0.1) is 13.8 Å². The summed E-state index contributed by atoms with van der Waals surface area (Å²) in [6.45, 7) is 4.33. The van der Waals surface area contributed by atoms with Crippen LogP contribution in [0.1, 0.15) is 33.4 Å². The van der Waals surface area contributed by atoms with Crippen molar-refractivity contribution >= 4 is 0 Å². The average molecular weight is 915 g/mol. The number of para-hydroxylation sites is 1. The molecule has 71 heavy (non-hydrogen) atoms. The molecule has 8 aromatic carbocycles. The van der Waals surface area contributed by atoms with Gasteiger partial charge in [0.05, 0.1) is 17.1 Å². The molecule has 0 bridgehead atoms. The van der Waals surface area contributed by atoms with Crippen LogP contribution in [0.25, 0.3) is 84.1 Å². The van der Waals surface area contributed by atoms with Crippen LogP contribution in [0.2, 0.25) is 0 Å². The Morgan fingerprint density at radius 2 is 0.845 bits per heavy atom. The lowest BCUT2D eigenvalue weighted by Gasteiger charge is -2.18. The first kappa shape index (κ1) is 44.8. The number of pyridine rings is 2. The van der Waals surface area contributed by atoms with E-state index >= 15 is 0 Å². The maximum atomic E-state index is 5.14. The topological polar surface area (TPSA) is 43.6 Å². The zero-order chi connectivity index (χ0) is 47.9. The SMILES string of the molecule is Cc1cccc(C)c1-n1ccnc1-c1ccc(CCc2cc(CCc3ccc(-c4ccccc4)nc3)cc(-c3ccccc3-c3cnc(-c4ccccc4)cc3-c3ccc(-c4ccccc4)cc3)c2)cc1. The van der Waals surface area contributed by atoms with E-state index < -0.39 is 0 Å². The third-order valence-corrected chi connectivity index (χ3v) is 13.7. The van der Waals surface area contributed by atoms with Gasteiger partial charge in [-0.2, -0.15) is 0 Å². The summed E-state index contributed by atoms with van der Waals surface area (Å²) in [7, 11) is 0. The lowest BCUT2D eigenvalue weighted by molar-refractivity contribution is 0.927. The maximum absolute atomic E-state index is 5.14. The molecule has 3 heterocycles. The third-order valence-electron chi connectivity index (χ3n) is 13.7. The fourth-order valence-electron chi connectivity index (χ4n) is 9.96. The maximum Gasteiger partial charge on any atom is 0.144 e. The lowest BCUT2D eigenvalue weighted by Crippen LogP contribution is -2.01. The Balaban J connectivity index is 0.938. The van der Waals surface area contributed by atoms with E-state index in [1.807, 2.05) is 18.5 Å². The Kier molecular flexibility index (Phi) is 12.9. The van der Waals surface area contributed by atoms with Crippen LogP contribution in [0.3, 0.4) is 0 Å². The molecule has 0 radical (unpaired) electrons. The van der Waals surface area contributed by atoms with E-state index in [1.54, 1.807) is 0 Å². The fourth-order valence-corrected chi connectivity index (χ4v) is 9.96. The summed E-state index contributed by atoms with van der Waals surface area (Å²) in [6.07, 6.45) is 11.7. The number of nitrogens with zero attached hydrogens (tertiary/aromatic N) is 4. The van der Waals surface area contributed by atoms with Crippen LogP contribution in [0.5, 0.6) is 0 Å². The molecule has 0 saturated carbocycles. The molecule has 0 spiro atoms. The number of benzene rings is 8. The summed E-state index contributed by atoms with van der Waals surface area (Å²) in [4.78, 5) is 14.8. The molecule has 0 atom stereocenters. The van der Waals surface area contributed by atoms with Crippen molar-refractivity contribution in [2.24, 2.45) is 0 Å². The van der Waals surface area contributed by atoms with Gasteiger partial charge in [0.1, 0.15) is 5.82 Å². The first-order valence-corrected chi connectivity index (χ1v) is 24.6. The average Bonchev–Trinajstić information content (AvgIpc) is 3.92. The Morgan fingerprint density at radius 1 is 0.324 bits per heavy atom. The lowest BCUT2D eigenvalue weighted by atomic mass is 9.87. The number of aryl methyl sites for hydroxylation is 6. The van der Waals surface area contributed by atoms with Gasteiger partial charge in [0.25, 0.3) is 0 Å². The van der Waals surface area contributed by atoms with Crippen LogP contribution >= 0.6 is 0 Å². The molecule has 0 N–H and O–H groups in total. The molecule has 11 aromatic rings. The van der Waals surface area contributed by atoms with Crippen LogP contribution in [0.4, 0.5) is 0 Å². The second kappa shape index (κ2) is 20.5. The molecular weight excluding hydrogens is 861 g/mol. The van der Waals surface area contributed by atoms with Gasteiger partial charge in [-0.25, -0.2) is 4.98 Å². The summed E-state index contributed by atoms with van der Waals surface area (Å²) in [5.74, 6) is 0.951. The van der Waals surface area contributed by atoms with Gasteiger partial charge in [0.2, 0.25) is 0 Å². The molecule has 0 unspecified atom stereocenters. The zero-order valence-electron chi connectivity index (χ0n) is 40.2. The van der Waals surface area contributed by atoms with Crippen molar-refractivity contribution in [1.29, 1.82) is 0 Å². The van der Waals surface area contributed by atoms with Gasteiger partial charge >= 0.3 is 0 Å². The highest BCUT2D eigenvalue weighted by atomic mass is 15.1. The Bertz CT molecular complexity index is 3540. The predicted molar refractivity (Wildman–Crippen MR) is 294 cm³/mol. The molecule has 3 aromatic heterocycles. The van der Waals surface area contributed by atoms with Crippen LogP contribution in [0.15, 0.2) is 243 Å². The van der Waals surface area contributed by atoms with Gasteiger partial charge in [-0.1, -0.05) is 206 Å². The van der Waals surface area contributed by atoms with E-state index in [9.17, 15) is 0 Å². The van der Waals surface area contributed by atoms with Crippen molar-refractivity contribution in [3.05, 3.63) is 277 Å². The van der Waals surface area contributed by atoms with Crippen molar-refractivity contribution in [3.8, 4) is 84.1 Å².